The summed E-state index contributed by atoms with van der Waals surface area (Å²) in [6.45, 7) is 11.9. The molecule has 10 nitrogen and oxygen atoms in total. The van der Waals surface area contributed by atoms with Crippen molar-refractivity contribution in [2.75, 3.05) is 52.6 Å². The summed E-state index contributed by atoms with van der Waals surface area (Å²) < 4.78 is 38.7. The predicted octanol–water partition coefficient (Wildman–Crippen LogP) is 2.09. The Kier molecular flexibility index (Phi) is 10.2. The molecule has 3 atom stereocenters. The number of nitrogens with one attached hydrogen (secondary N) is 1. The van der Waals surface area contributed by atoms with Gasteiger partial charge in [-0.25, -0.2) is 0 Å². The second-order valence-corrected chi connectivity index (χ2v) is 14.4. The van der Waals surface area contributed by atoms with Crippen LogP contribution in [0.15, 0.2) is 0 Å². The zero-order chi connectivity index (χ0) is 28.2. The van der Waals surface area contributed by atoms with Gasteiger partial charge in [0.25, 0.3) is 10.1 Å². The number of amides is 2. The Hall–Kier alpha value is -1.72. The van der Waals surface area contributed by atoms with Gasteiger partial charge in [-0.1, -0.05) is 6.92 Å². The standard InChI is InChI=1S/C26H47N3O7S/c1-8-19-16-29(6,7)17-21(19)14-20(23(31)27-26(4,5)18-37(33,34)35)15-25(2,3)24(32)36-13-12-28-11-9-10-22(28)30/h19-21H,8-18H2,1-7H3,(H-,27,31,33,34,35)/p+1. The van der Waals surface area contributed by atoms with Crippen LogP contribution in [0, 0.1) is 23.2 Å². The fraction of sp³-hybridized carbons (Fsp3) is 0.885. The van der Waals surface area contributed by atoms with Crippen molar-refractivity contribution in [3.05, 3.63) is 0 Å². The van der Waals surface area contributed by atoms with E-state index in [2.05, 4.69) is 26.3 Å². The predicted molar refractivity (Wildman–Crippen MR) is 141 cm³/mol. The summed E-state index contributed by atoms with van der Waals surface area (Å²) in [6.07, 6.45) is 3.16. The Bertz CT molecular complexity index is 946. The normalized spacial score (nSPS) is 23.2. The lowest BCUT2D eigenvalue weighted by atomic mass is 9.76. The van der Waals surface area contributed by atoms with E-state index in [9.17, 15) is 27.4 Å². The molecule has 37 heavy (non-hydrogen) atoms. The minimum absolute atomic E-state index is 0.0721. The molecule has 0 aromatic heterocycles. The van der Waals surface area contributed by atoms with Crippen LogP contribution in [0.25, 0.3) is 0 Å². The third-order valence-corrected chi connectivity index (χ3v) is 8.77. The summed E-state index contributed by atoms with van der Waals surface area (Å²) in [5.41, 5.74) is -2.14. The Labute approximate surface area is 222 Å². The third-order valence-electron chi connectivity index (χ3n) is 7.69. The molecule has 0 aromatic rings. The van der Waals surface area contributed by atoms with Crippen molar-refractivity contribution >= 4 is 27.9 Å². The lowest BCUT2D eigenvalue weighted by molar-refractivity contribution is -0.880. The van der Waals surface area contributed by atoms with Gasteiger partial charge in [0.1, 0.15) is 6.61 Å². The highest BCUT2D eigenvalue weighted by molar-refractivity contribution is 7.85. The molecule has 2 aliphatic rings. The molecule has 11 heteroatoms. The Balaban J connectivity index is 2.14. The van der Waals surface area contributed by atoms with Gasteiger partial charge in [-0.15, -0.1) is 0 Å². The third kappa shape index (κ3) is 9.83. The van der Waals surface area contributed by atoms with Gasteiger partial charge in [0, 0.05) is 30.7 Å². The maximum absolute atomic E-state index is 13.5. The number of quaternary nitrogens is 1. The lowest BCUT2D eigenvalue weighted by Gasteiger charge is -2.33. The van der Waals surface area contributed by atoms with Crippen molar-refractivity contribution in [3.63, 3.8) is 0 Å². The van der Waals surface area contributed by atoms with E-state index in [-0.39, 0.29) is 30.8 Å². The molecule has 2 aliphatic heterocycles. The minimum atomic E-state index is -4.29. The molecule has 0 aliphatic carbocycles. The molecule has 0 bridgehead atoms. The molecule has 0 radical (unpaired) electrons. The number of hydrogen-bond acceptors (Lipinski definition) is 6. The Morgan fingerprint density at radius 2 is 1.81 bits per heavy atom. The Morgan fingerprint density at radius 1 is 1.19 bits per heavy atom. The van der Waals surface area contributed by atoms with Crippen LogP contribution in [-0.4, -0.2) is 98.3 Å². The molecule has 2 amide bonds. The summed E-state index contributed by atoms with van der Waals surface area (Å²) in [7, 11) is 0.0670. The van der Waals surface area contributed by atoms with Gasteiger partial charge < -0.3 is 19.4 Å². The quantitative estimate of drug-likeness (QED) is 0.206. The largest absolute Gasteiger partial charge is 0.463 e. The number of likely N-dealkylation sites (tertiary alicyclic amines) is 2. The molecule has 3 unspecified atom stereocenters. The molecule has 214 valence electrons. The van der Waals surface area contributed by atoms with Crippen LogP contribution in [0.3, 0.4) is 0 Å². The van der Waals surface area contributed by atoms with Crippen molar-refractivity contribution in [2.45, 2.75) is 72.3 Å². The number of carbonyl (C=O) groups is 3. The number of carbonyl (C=O) groups excluding carboxylic acids is 3. The second kappa shape index (κ2) is 12.0. The molecule has 2 rings (SSSR count). The van der Waals surface area contributed by atoms with E-state index in [1.807, 2.05) is 0 Å². The first-order valence-corrected chi connectivity index (χ1v) is 15.0. The summed E-state index contributed by atoms with van der Waals surface area (Å²) in [5.74, 6) is -1.10. The summed E-state index contributed by atoms with van der Waals surface area (Å²) >= 11 is 0. The van der Waals surface area contributed by atoms with Gasteiger partial charge in [-0.3, -0.25) is 18.9 Å². The van der Waals surface area contributed by atoms with E-state index < -0.39 is 38.7 Å². The van der Waals surface area contributed by atoms with E-state index >= 15 is 0 Å². The van der Waals surface area contributed by atoms with Crippen LogP contribution in [0.5, 0.6) is 0 Å². The molecule has 2 fully saturated rings. The van der Waals surface area contributed by atoms with E-state index in [4.69, 9.17) is 4.74 Å². The minimum Gasteiger partial charge on any atom is -0.463 e. The van der Waals surface area contributed by atoms with Crippen LogP contribution >= 0.6 is 0 Å². The molecule has 0 spiro atoms. The van der Waals surface area contributed by atoms with Gasteiger partial charge in [0.2, 0.25) is 11.8 Å². The molecule has 0 saturated carbocycles. The summed E-state index contributed by atoms with van der Waals surface area (Å²) in [4.78, 5) is 40.1. The second-order valence-electron chi connectivity index (χ2n) is 13.0. The van der Waals surface area contributed by atoms with E-state index in [1.54, 1.807) is 32.6 Å². The van der Waals surface area contributed by atoms with Gasteiger partial charge in [-0.05, 0) is 53.4 Å². The first-order chi connectivity index (χ1) is 16.8. The molecule has 2 heterocycles. The van der Waals surface area contributed by atoms with E-state index in [1.165, 1.54) is 0 Å². The summed E-state index contributed by atoms with van der Waals surface area (Å²) in [6, 6.07) is 0. The smallest absolute Gasteiger partial charge is 0.311 e. The summed E-state index contributed by atoms with van der Waals surface area (Å²) in [5, 5.41) is 2.81. The molecule has 2 N–H and O–H groups in total. The fourth-order valence-corrected chi connectivity index (χ4v) is 7.02. The number of ether oxygens (including phenoxy) is 1. The van der Waals surface area contributed by atoms with Gasteiger partial charge in [0.05, 0.1) is 50.4 Å². The zero-order valence-corrected chi connectivity index (χ0v) is 24.5. The van der Waals surface area contributed by atoms with Gasteiger partial charge >= 0.3 is 5.97 Å². The highest BCUT2D eigenvalue weighted by Gasteiger charge is 2.44. The number of rotatable bonds is 13. The first kappa shape index (κ1) is 31.5. The van der Waals surface area contributed by atoms with Crippen molar-refractivity contribution in [2.24, 2.45) is 23.2 Å². The fourth-order valence-electron chi connectivity index (χ4n) is 6.03. The highest BCUT2D eigenvalue weighted by Crippen LogP contribution is 2.38. The monoisotopic (exact) mass is 546 g/mol. The van der Waals surface area contributed by atoms with Crippen LogP contribution in [0.1, 0.15) is 66.7 Å². The molecular formula is C26H48N3O7S+. The number of hydrogen-bond donors (Lipinski definition) is 2. The molecular weight excluding hydrogens is 498 g/mol. The average Bonchev–Trinajstić information content (AvgIpc) is 3.26. The van der Waals surface area contributed by atoms with Crippen molar-refractivity contribution < 1.29 is 36.6 Å². The first-order valence-electron chi connectivity index (χ1n) is 13.4. The van der Waals surface area contributed by atoms with E-state index in [0.717, 1.165) is 30.4 Å². The highest BCUT2D eigenvalue weighted by atomic mass is 32.2. The van der Waals surface area contributed by atoms with Crippen LogP contribution in [0.4, 0.5) is 0 Å². The van der Waals surface area contributed by atoms with Gasteiger partial charge in [-0.2, -0.15) is 8.42 Å². The maximum atomic E-state index is 13.5. The number of nitrogens with zero attached hydrogens (tertiary/aromatic N) is 2. The van der Waals surface area contributed by atoms with Crippen LogP contribution in [0.2, 0.25) is 0 Å². The van der Waals surface area contributed by atoms with Crippen molar-refractivity contribution in [1.29, 1.82) is 0 Å². The zero-order valence-electron chi connectivity index (χ0n) is 23.7. The van der Waals surface area contributed by atoms with Crippen molar-refractivity contribution in [3.8, 4) is 0 Å². The average molecular weight is 547 g/mol. The number of esters is 1. The van der Waals surface area contributed by atoms with Crippen LogP contribution in [-0.2, 0) is 29.2 Å². The molecule has 0 aromatic carbocycles. The SMILES string of the molecule is CCC1C[N+](C)(C)CC1CC(CC(C)(C)C(=O)OCCN1CCCC1=O)C(=O)NC(C)(C)CS(=O)(=O)O. The van der Waals surface area contributed by atoms with Gasteiger partial charge in [0.15, 0.2) is 0 Å². The molecule has 2 saturated heterocycles. The topological polar surface area (TPSA) is 130 Å². The Morgan fingerprint density at radius 3 is 2.35 bits per heavy atom. The van der Waals surface area contributed by atoms with Crippen LogP contribution < -0.4 is 5.32 Å². The maximum Gasteiger partial charge on any atom is 0.311 e. The lowest BCUT2D eigenvalue weighted by Crippen LogP contribution is -2.51. The van der Waals surface area contributed by atoms with E-state index in [0.29, 0.717) is 31.8 Å². The van der Waals surface area contributed by atoms with Crippen molar-refractivity contribution in [1.82, 2.24) is 10.2 Å².